The van der Waals surface area contributed by atoms with Crippen LogP contribution in [-0.4, -0.2) is 71.4 Å². The van der Waals surface area contributed by atoms with Crippen LogP contribution in [0.2, 0.25) is 0 Å². The summed E-state index contributed by atoms with van der Waals surface area (Å²) in [7, 11) is 1.47. The molecule has 6 heteroatoms. The summed E-state index contributed by atoms with van der Waals surface area (Å²) in [5, 5.41) is 20.2. The van der Waals surface area contributed by atoms with Crippen LogP contribution in [0.3, 0.4) is 0 Å². The largest absolute Gasteiger partial charge is 0.496 e. The van der Waals surface area contributed by atoms with Crippen molar-refractivity contribution in [1.29, 1.82) is 0 Å². The van der Waals surface area contributed by atoms with Gasteiger partial charge in [0.1, 0.15) is 11.3 Å². The maximum Gasteiger partial charge on any atom is 0.339 e. The molecule has 0 bridgehead atoms. The topological polar surface area (TPSA) is 73.2 Å². The number of rotatable bonds is 6. The summed E-state index contributed by atoms with van der Waals surface area (Å²) in [6.07, 6.45) is 4.52. The fraction of sp³-hybridized carbons (Fsp3) is 0.632. The minimum Gasteiger partial charge on any atom is -0.496 e. The smallest absolute Gasteiger partial charge is 0.339 e. The number of hydrogen-bond acceptors (Lipinski definition) is 5. The number of hydrogen-bond donors (Lipinski definition) is 2. The first-order valence-corrected chi connectivity index (χ1v) is 9.06. The molecule has 3 rings (SSSR count). The Bertz CT molecular complexity index is 615. The van der Waals surface area contributed by atoms with Crippen LogP contribution in [0.15, 0.2) is 18.2 Å². The maximum atomic E-state index is 11.4. The number of nitrogens with zero attached hydrogens (tertiary/aromatic N) is 2. The predicted molar refractivity (Wildman–Crippen MR) is 95.1 cm³/mol. The molecule has 6 nitrogen and oxygen atoms in total. The number of aliphatic hydroxyl groups is 1. The van der Waals surface area contributed by atoms with Crippen LogP contribution in [0.5, 0.6) is 5.75 Å². The van der Waals surface area contributed by atoms with Gasteiger partial charge in [0, 0.05) is 26.2 Å². The van der Waals surface area contributed by atoms with Gasteiger partial charge in [-0.05, 0) is 50.0 Å². The van der Waals surface area contributed by atoms with Crippen molar-refractivity contribution in [3.63, 3.8) is 0 Å². The summed E-state index contributed by atoms with van der Waals surface area (Å²) < 4.78 is 5.11. The molecule has 0 amide bonds. The van der Waals surface area contributed by atoms with E-state index >= 15 is 0 Å². The Morgan fingerprint density at radius 3 is 2.64 bits per heavy atom. The van der Waals surface area contributed by atoms with E-state index in [1.54, 1.807) is 12.1 Å². The number of likely N-dealkylation sites (tertiary alicyclic amines) is 2. The van der Waals surface area contributed by atoms with Crippen LogP contribution in [0, 0.1) is 0 Å². The third kappa shape index (κ3) is 4.51. The van der Waals surface area contributed by atoms with Crippen molar-refractivity contribution in [3.05, 3.63) is 29.3 Å². The van der Waals surface area contributed by atoms with Crippen molar-refractivity contribution < 1.29 is 19.7 Å². The molecule has 138 valence electrons. The van der Waals surface area contributed by atoms with Gasteiger partial charge in [0.15, 0.2) is 0 Å². The van der Waals surface area contributed by atoms with Gasteiger partial charge in [-0.2, -0.15) is 0 Å². The highest BCUT2D eigenvalue weighted by atomic mass is 16.5. The molecular weight excluding hydrogens is 320 g/mol. The normalized spacial score (nSPS) is 25.2. The highest BCUT2D eigenvalue weighted by Crippen LogP contribution is 2.27. The van der Waals surface area contributed by atoms with Gasteiger partial charge < -0.3 is 19.8 Å². The van der Waals surface area contributed by atoms with E-state index in [1.165, 1.54) is 26.4 Å². The Labute approximate surface area is 149 Å². The van der Waals surface area contributed by atoms with Gasteiger partial charge in [0.05, 0.1) is 12.7 Å². The second-order valence-corrected chi connectivity index (χ2v) is 7.36. The molecule has 2 N–H and O–H groups in total. The molecular formula is C19H28N2O4. The quantitative estimate of drug-likeness (QED) is 0.817. The molecule has 1 aromatic rings. The summed E-state index contributed by atoms with van der Waals surface area (Å²) in [5.41, 5.74) is 0.461. The number of β-amino-alcohol motifs (C(OH)–C–C–N with tert-alkyl or cyclic N) is 1. The zero-order valence-electron chi connectivity index (χ0n) is 14.9. The zero-order valence-corrected chi connectivity index (χ0v) is 14.9. The van der Waals surface area contributed by atoms with E-state index in [2.05, 4.69) is 9.80 Å². The van der Waals surface area contributed by atoms with E-state index in [4.69, 9.17) is 4.74 Å². The lowest BCUT2D eigenvalue weighted by atomic mass is 10.0. The molecule has 0 spiro atoms. The second-order valence-electron chi connectivity index (χ2n) is 7.36. The summed E-state index contributed by atoms with van der Waals surface area (Å²) in [6.45, 7) is 5.03. The molecule has 2 fully saturated rings. The van der Waals surface area contributed by atoms with E-state index < -0.39 is 11.6 Å². The van der Waals surface area contributed by atoms with Gasteiger partial charge in [-0.25, -0.2) is 4.79 Å². The van der Waals surface area contributed by atoms with Crippen LogP contribution >= 0.6 is 0 Å². The number of ether oxygens (including phenoxy) is 1. The van der Waals surface area contributed by atoms with Gasteiger partial charge in [0.25, 0.3) is 0 Å². The second kappa shape index (κ2) is 7.72. The number of carboxylic acids is 1. The van der Waals surface area contributed by atoms with Crippen molar-refractivity contribution in [2.24, 2.45) is 0 Å². The molecule has 2 aliphatic rings. The van der Waals surface area contributed by atoms with Crippen molar-refractivity contribution >= 4 is 5.97 Å². The minimum absolute atomic E-state index is 0.183. The lowest BCUT2D eigenvalue weighted by Crippen LogP contribution is -2.46. The fourth-order valence-corrected chi connectivity index (χ4v) is 4.02. The number of aromatic carboxylic acids is 1. The molecule has 0 aliphatic carbocycles. The average molecular weight is 348 g/mol. The highest BCUT2D eigenvalue weighted by molar-refractivity contribution is 5.91. The number of carbonyl (C=O) groups is 1. The Hall–Kier alpha value is -1.63. The first-order valence-electron chi connectivity index (χ1n) is 9.06. The number of piperidine rings is 1. The Morgan fingerprint density at radius 1 is 1.20 bits per heavy atom. The van der Waals surface area contributed by atoms with Crippen LogP contribution in [0.4, 0.5) is 0 Å². The summed E-state index contributed by atoms with van der Waals surface area (Å²) in [4.78, 5) is 15.9. The summed E-state index contributed by atoms with van der Waals surface area (Å²) in [6, 6.07) is 5.27. The molecule has 2 saturated heterocycles. The summed E-state index contributed by atoms with van der Waals surface area (Å²) >= 11 is 0. The number of benzene rings is 1. The molecule has 0 saturated carbocycles. The Balaban J connectivity index is 1.60. The van der Waals surface area contributed by atoms with Crippen LogP contribution in [0.1, 0.15) is 41.6 Å². The van der Waals surface area contributed by atoms with Crippen LogP contribution in [-0.2, 0) is 6.54 Å². The fourth-order valence-electron chi connectivity index (χ4n) is 4.02. The van der Waals surface area contributed by atoms with Gasteiger partial charge in [-0.1, -0.05) is 12.5 Å². The molecule has 25 heavy (non-hydrogen) atoms. The maximum absolute atomic E-state index is 11.4. The van der Waals surface area contributed by atoms with E-state index in [1.807, 2.05) is 6.07 Å². The summed E-state index contributed by atoms with van der Waals surface area (Å²) in [5.74, 6) is -0.610. The SMILES string of the molecule is COc1ccc(CN2CC[C@@](O)(CN3CCCCC3)C2)cc1C(=O)O. The first-order chi connectivity index (χ1) is 12.0. The Morgan fingerprint density at radius 2 is 1.96 bits per heavy atom. The highest BCUT2D eigenvalue weighted by Gasteiger charge is 2.37. The van der Waals surface area contributed by atoms with Crippen molar-refractivity contribution in [3.8, 4) is 5.75 Å². The molecule has 1 aromatic carbocycles. The van der Waals surface area contributed by atoms with E-state index in [-0.39, 0.29) is 5.56 Å². The molecule has 0 radical (unpaired) electrons. The molecule has 0 unspecified atom stereocenters. The van der Waals surface area contributed by atoms with Crippen molar-refractivity contribution in [2.75, 3.05) is 39.8 Å². The monoisotopic (exact) mass is 348 g/mol. The molecule has 0 aromatic heterocycles. The van der Waals surface area contributed by atoms with E-state index in [0.29, 0.717) is 18.8 Å². The number of methoxy groups -OCH3 is 1. The van der Waals surface area contributed by atoms with E-state index in [9.17, 15) is 15.0 Å². The van der Waals surface area contributed by atoms with E-state index in [0.717, 1.165) is 38.2 Å². The van der Waals surface area contributed by atoms with Gasteiger partial charge >= 0.3 is 5.97 Å². The van der Waals surface area contributed by atoms with Gasteiger partial charge in [0.2, 0.25) is 0 Å². The number of carboxylic acid groups (broad SMARTS) is 1. The molecule has 2 heterocycles. The Kier molecular flexibility index (Phi) is 5.61. The third-order valence-corrected chi connectivity index (χ3v) is 5.28. The van der Waals surface area contributed by atoms with Crippen molar-refractivity contribution in [2.45, 2.75) is 37.8 Å². The first kappa shape index (κ1) is 18.2. The van der Waals surface area contributed by atoms with Crippen LogP contribution in [0.25, 0.3) is 0 Å². The predicted octanol–water partition coefficient (Wildman–Crippen LogP) is 1.82. The third-order valence-electron chi connectivity index (χ3n) is 5.28. The average Bonchev–Trinajstić information content (AvgIpc) is 2.96. The lowest BCUT2D eigenvalue weighted by molar-refractivity contribution is 0.00633. The minimum atomic E-state index is -0.985. The van der Waals surface area contributed by atoms with Crippen LogP contribution < -0.4 is 4.74 Å². The van der Waals surface area contributed by atoms with Gasteiger partial charge in [-0.15, -0.1) is 0 Å². The zero-order chi connectivity index (χ0) is 17.9. The van der Waals surface area contributed by atoms with Gasteiger partial charge in [-0.3, -0.25) is 4.90 Å². The standard InChI is InChI=1S/C19H28N2O4/c1-25-17-6-5-15(11-16(17)18(22)23)12-21-10-7-19(24,14-21)13-20-8-3-2-4-9-20/h5-6,11,24H,2-4,7-10,12-14H2,1H3,(H,22,23)/t19-/m1/s1. The van der Waals surface area contributed by atoms with Crippen molar-refractivity contribution in [1.82, 2.24) is 9.80 Å². The lowest BCUT2D eigenvalue weighted by Gasteiger charge is -2.33. The molecule has 1 atom stereocenters. The molecule has 2 aliphatic heterocycles.